The fourth-order valence-corrected chi connectivity index (χ4v) is 3.14. The van der Waals surface area contributed by atoms with Gasteiger partial charge in [0.05, 0.1) is 6.10 Å². The van der Waals surface area contributed by atoms with Crippen LogP contribution < -0.4 is 10.2 Å². The average molecular weight is 255 g/mol. The monoisotopic (exact) mass is 255 g/mol. The number of piperidine rings is 1. The Morgan fingerprint density at radius 1 is 1.65 bits per heavy atom. The van der Waals surface area contributed by atoms with E-state index in [9.17, 15) is 0 Å². The summed E-state index contributed by atoms with van der Waals surface area (Å²) < 4.78 is 5.71. The standard InChI is InChI=1S/C12H21N3OS/c1-3-16-10-5-4-6-15(9-10)12-14-8-11(17-12)7-13-2/h8,10,13H,3-7,9H2,1-2H3. The van der Waals surface area contributed by atoms with Gasteiger partial charge in [0.15, 0.2) is 5.13 Å². The van der Waals surface area contributed by atoms with Gasteiger partial charge >= 0.3 is 0 Å². The zero-order valence-corrected chi connectivity index (χ0v) is 11.4. The molecule has 2 heterocycles. The minimum Gasteiger partial charge on any atom is -0.377 e. The molecule has 1 atom stereocenters. The number of thiazole rings is 1. The van der Waals surface area contributed by atoms with E-state index < -0.39 is 0 Å². The second kappa shape index (κ2) is 6.33. The first-order valence-corrected chi connectivity index (χ1v) is 7.11. The molecule has 4 nitrogen and oxygen atoms in total. The van der Waals surface area contributed by atoms with Crippen molar-refractivity contribution in [3.8, 4) is 0 Å². The molecule has 1 aliphatic rings. The van der Waals surface area contributed by atoms with E-state index in [-0.39, 0.29) is 0 Å². The van der Waals surface area contributed by atoms with E-state index in [1.807, 2.05) is 13.2 Å². The maximum atomic E-state index is 5.71. The summed E-state index contributed by atoms with van der Waals surface area (Å²) in [4.78, 5) is 8.15. The van der Waals surface area contributed by atoms with Crippen molar-refractivity contribution in [1.82, 2.24) is 10.3 Å². The number of ether oxygens (including phenoxy) is 1. The summed E-state index contributed by atoms with van der Waals surface area (Å²) in [5.41, 5.74) is 0. The van der Waals surface area contributed by atoms with Gasteiger partial charge in [0.1, 0.15) is 0 Å². The van der Waals surface area contributed by atoms with Gasteiger partial charge in [-0.1, -0.05) is 0 Å². The van der Waals surface area contributed by atoms with E-state index in [1.165, 1.54) is 17.7 Å². The lowest BCUT2D eigenvalue weighted by molar-refractivity contribution is 0.0526. The molecule has 0 radical (unpaired) electrons. The highest BCUT2D eigenvalue weighted by Crippen LogP contribution is 2.26. The van der Waals surface area contributed by atoms with Crippen LogP contribution in [0.2, 0.25) is 0 Å². The molecule has 0 saturated carbocycles. The third-order valence-corrected chi connectivity index (χ3v) is 4.00. The molecule has 0 aliphatic carbocycles. The Kier molecular flexibility index (Phi) is 4.76. The summed E-state index contributed by atoms with van der Waals surface area (Å²) in [6.45, 7) is 5.87. The number of hydrogen-bond donors (Lipinski definition) is 1. The van der Waals surface area contributed by atoms with Gasteiger partial charge < -0.3 is 15.0 Å². The lowest BCUT2D eigenvalue weighted by Crippen LogP contribution is -2.39. The van der Waals surface area contributed by atoms with Crippen LogP contribution in [0.15, 0.2) is 6.20 Å². The van der Waals surface area contributed by atoms with Gasteiger partial charge in [-0.2, -0.15) is 0 Å². The van der Waals surface area contributed by atoms with E-state index in [2.05, 4.69) is 22.1 Å². The van der Waals surface area contributed by atoms with Gasteiger partial charge in [-0.25, -0.2) is 4.98 Å². The van der Waals surface area contributed by atoms with Crippen LogP contribution >= 0.6 is 11.3 Å². The molecule has 1 unspecified atom stereocenters. The van der Waals surface area contributed by atoms with Gasteiger partial charge in [0.25, 0.3) is 0 Å². The van der Waals surface area contributed by atoms with Crippen molar-refractivity contribution in [2.75, 3.05) is 31.6 Å². The minimum absolute atomic E-state index is 0.380. The lowest BCUT2D eigenvalue weighted by atomic mass is 10.1. The maximum Gasteiger partial charge on any atom is 0.185 e. The molecule has 2 rings (SSSR count). The van der Waals surface area contributed by atoms with Crippen LogP contribution in [-0.4, -0.2) is 37.8 Å². The highest BCUT2D eigenvalue weighted by molar-refractivity contribution is 7.15. The van der Waals surface area contributed by atoms with Gasteiger partial charge in [-0.15, -0.1) is 11.3 Å². The normalized spacial score (nSPS) is 20.8. The molecule has 17 heavy (non-hydrogen) atoms. The van der Waals surface area contributed by atoms with Crippen LogP contribution in [0.5, 0.6) is 0 Å². The maximum absolute atomic E-state index is 5.71. The van der Waals surface area contributed by atoms with Crippen molar-refractivity contribution in [3.05, 3.63) is 11.1 Å². The molecule has 1 N–H and O–H groups in total. The molecule has 0 spiro atoms. The molecule has 1 aromatic heterocycles. The molecule has 0 bridgehead atoms. The predicted octanol–water partition coefficient (Wildman–Crippen LogP) is 1.87. The molecule has 1 fully saturated rings. The molecular weight excluding hydrogens is 234 g/mol. The summed E-state index contributed by atoms with van der Waals surface area (Å²) in [5, 5.41) is 4.30. The average Bonchev–Trinajstić information content (AvgIpc) is 2.79. The first kappa shape index (κ1) is 12.8. The van der Waals surface area contributed by atoms with Crippen molar-refractivity contribution in [2.45, 2.75) is 32.4 Å². The number of hydrogen-bond acceptors (Lipinski definition) is 5. The van der Waals surface area contributed by atoms with E-state index in [0.717, 1.165) is 31.4 Å². The molecule has 1 aromatic rings. The number of aromatic nitrogens is 1. The third-order valence-electron chi connectivity index (χ3n) is 2.94. The van der Waals surface area contributed by atoms with E-state index >= 15 is 0 Å². The third kappa shape index (κ3) is 3.40. The number of nitrogens with one attached hydrogen (secondary N) is 1. The van der Waals surface area contributed by atoms with Crippen molar-refractivity contribution in [1.29, 1.82) is 0 Å². The summed E-state index contributed by atoms with van der Waals surface area (Å²) in [6, 6.07) is 0. The highest BCUT2D eigenvalue weighted by atomic mass is 32.1. The Balaban J connectivity index is 1.95. The summed E-state index contributed by atoms with van der Waals surface area (Å²) in [7, 11) is 1.96. The Labute approximate surface area is 107 Å². The number of nitrogens with zero attached hydrogens (tertiary/aromatic N) is 2. The Morgan fingerprint density at radius 2 is 2.53 bits per heavy atom. The van der Waals surface area contributed by atoms with Crippen LogP contribution in [0.4, 0.5) is 5.13 Å². The molecular formula is C12H21N3OS. The fraction of sp³-hybridized carbons (Fsp3) is 0.750. The molecule has 0 amide bonds. The first-order valence-electron chi connectivity index (χ1n) is 6.29. The Hall–Kier alpha value is -0.650. The van der Waals surface area contributed by atoms with Crippen LogP contribution in [0, 0.1) is 0 Å². The van der Waals surface area contributed by atoms with E-state index in [0.29, 0.717) is 6.10 Å². The molecule has 0 aromatic carbocycles. The topological polar surface area (TPSA) is 37.4 Å². The first-order chi connectivity index (χ1) is 8.33. The van der Waals surface area contributed by atoms with Gasteiger partial charge in [-0.3, -0.25) is 0 Å². The zero-order valence-electron chi connectivity index (χ0n) is 10.6. The quantitative estimate of drug-likeness (QED) is 0.871. The van der Waals surface area contributed by atoms with Crippen LogP contribution in [0.3, 0.4) is 0 Å². The predicted molar refractivity (Wildman–Crippen MR) is 71.7 cm³/mol. The summed E-state index contributed by atoms with van der Waals surface area (Å²) in [6.07, 6.45) is 4.73. The van der Waals surface area contributed by atoms with Crippen LogP contribution in [0.25, 0.3) is 0 Å². The fourth-order valence-electron chi connectivity index (χ4n) is 2.18. The van der Waals surface area contributed by atoms with E-state index in [4.69, 9.17) is 4.74 Å². The van der Waals surface area contributed by atoms with Crippen LogP contribution in [0.1, 0.15) is 24.6 Å². The Bertz CT molecular complexity index is 340. The van der Waals surface area contributed by atoms with Gasteiger partial charge in [0.2, 0.25) is 0 Å². The van der Waals surface area contributed by atoms with Crippen molar-refractivity contribution in [3.63, 3.8) is 0 Å². The van der Waals surface area contributed by atoms with Crippen molar-refractivity contribution >= 4 is 16.5 Å². The number of rotatable bonds is 5. The molecule has 5 heteroatoms. The molecule has 1 aliphatic heterocycles. The summed E-state index contributed by atoms with van der Waals surface area (Å²) in [5.74, 6) is 0. The van der Waals surface area contributed by atoms with Crippen molar-refractivity contribution < 1.29 is 4.74 Å². The summed E-state index contributed by atoms with van der Waals surface area (Å²) >= 11 is 1.78. The lowest BCUT2D eigenvalue weighted by Gasteiger charge is -2.32. The van der Waals surface area contributed by atoms with Gasteiger partial charge in [0, 0.05) is 37.3 Å². The molecule has 96 valence electrons. The Morgan fingerprint density at radius 3 is 3.29 bits per heavy atom. The number of anilines is 1. The highest BCUT2D eigenvalue weighted by Gasteiger charge is 2.22. The minimum atomic E-state index is 0.380. The largest absolute Gasteiger partial charge is 0.377 e. The zero-order chi connectivity index (χ0) is 12.1. The van der Waals surface area contributed by atoms with Gasteiger partial charge in [-0.05, 0) is 26.8 Å². The van der Waals surface area contributed by atoms with E-state index in [1.54, 1.807) is 11.3 Å². The SMILES string of the molecule is CCOC1CCCN(c2ncc(CNC)s2)C1. The molecule has 1 saturated heterocycles. The van der Waals surface area contributed by atoms with Crippen LogP contribution in [-0.2, 0) is 11.3 Å². The second-order valence-corrected chi connectivity index (χ2v) is 5.40. The van der Waals surface area contributed by atoms with Crippen molar-refractivity contribution in [2.24, 2.45) is 0 Å². The smallest absolute Gasteiger partial charge is 0.185 e. The second-order valence-electron chi connectivity index (χ2n) is 4.31.